The van der Waals surface area contributed by atoms with E-state index in [0.29, 0.717) is 29.2 Å². The number of hydrogen-bond acceptors (Lipinski definition) is 7. The Balaban J connectivity index is 2.19. The van der Waals surface area contributed by atoms with E-state index in [0.717, 1.165) is 0 Å². The molecule has 1 aliphatic heterocycles. The summed E-state index contributed by atoms with van der Waals surface area (Å²) in [4.78, 5) is 10.2. The molecule has 1 aliphatic rings. The average molecular weight is 358 g/mol. The molecule has 2 N–H and O–H groups in total. The van der Waals surface area contributed by atoms with E-state index in [-0.39, 0.29) is 13.2 Å². The maximum absolute atomic E-state index is 10.5. The summed E-state index contributed by atoms with van der Waals surface area (Å²) in [5.74, 6) is 2.79. The molecule has 0 spiro atoms. The van der Waals surface area contributed by atoms with Gasteiger partial charge in [0.2, 0.25) is 0 Å². The summed E-state index contributed by atoms with van der Waals surface area (Å²) in [6.45, 7) is 4.38. The van der Waals surface area contributed by atoms with E-state index in [1.807, 2.05) is 6.92 Å². The van der Waals surface area contributed by atoms with Crippen LogP contribution in [0.1, 0.15) is 31.0 Å². The van der Waals surface area contributed by atoms with Gasteiger partial charge in [0.15, 0.2) is 0 Å². The first-order valence-corrected chi connectivity index (χ1v) is 8.34. The predicted molar refractivity (Wildman–Crippen MR) is 93.9 cm³/mol. The topological polar surface area (TPSA) is 101 Å². The smallest absolute Gasteiger partial charge is 0.137 e. The average Bonchev–Trinajstić information content (AvgIpc) is 2.65. The molecule has 0 aliphatic carbocycles. The third-order valence-corrected chi connectivity index (χ3v) is 3.89. The Labute approximate surface area is 152 Å². The molecule has 138 valence electrons. The van der Waals surface area contributed by atoms with Crippen LogP contribution in [0.15, 0.2) is 36.2 Å². The fourth-order valence-electron chi connectivity index (χ4n) is 2.63. The minimum atomic E-state index is -0.811. The van der Waals surface area contributed by atoms with E-state index in [4.69, 9.17) is 19.5 Å². The second-order valence-electron chi connectivity index (χ2n) is 5.70. The van der Waals surface area contributed by atoms with Crippen molar-refractivity contribution in [3.8, 4) is 11.8 Å². The third kappa shape index (κ3) is 4.87. The van der Waals surface area contributed by atoms with Crippen LogP contribution in [0.4, 0.5) is 0 Å². The molecule has 1 unspecified atom stereocenters. The van der Waals surface area contributed by atoms with Crippen molar-refractivity contribution in [1.82, 2.24) is 5.32 Å². The van der Waals surface area contributed by atoms with Crippen LogP contribution in [0.2, 0.25) is 0 Å². The number of ether oxygens (including phenoxy) is 3. The molecule has 0 amide bonds. The Bertz CT molecular complexity index is 734. The fraction of sp³-hybridized carbons (Fsp3) is 0.421. The Morgan fingerprint density at radius 3 is 3.00 bits per heavy atom. The molecule has 0 saturated heterocycles. The molecular weight excluding hydrogens is 336 g/mol. The van der Waals surface area contributed by atoms with E-state index in [1.165, 1.54) is 6.08 Å². The first kappa shape index (κ1) is 19.5. The molecule has 1 aromatic carbocycles. The van der Waals surface area contributed by atoms with Gasteiger partial charge in [0.05, 0.1) is 30.9 Å². The second kappa shape index (κ2) is 9.64. The van der Waals surface area contributed by atoms with E-state index < -0.39 is 18.2 Å². The molecule has 2 rings (SSSR count). The van der Waals surface area contributed by atoms with Crippen LogP contribution in [0.5, 0.6) is 5.75 Å². The highest BCUT2D eigenvalue weighted by atomic mass is 16.5. The number of fused-ring (bicyclic) bond motifs is 1. The molecule has 0 saturated carbocycles. The van der Waals surface area contributed by atoms with Crippen molar-refractivity contribution < 1.29 is 24.1 Å². The van der Waals surface area contributed by atoms with Crippen molar-refractivity contribution in [3.63, 3.8) is 0 Å². The summed E-state index contributed by atoms with van der Waals surface area (Å²) in [5, 5.41) is 22.8. The van der Waals surface area contributed by atoms with Crippen LogP contribution >= 0.6 is 0 Å². The molecule has 3 atom stereocenters. The quantitative estimate of drug-likeness (QED) is 0.414. The Hall–Kier alpha value is -2.78. The number of hydrogen-bond donors (Lipinski definition) is 2. The highest BCUT2D eigenvalue weighted by Gasteiger charge is 2.34. The lowest BCUT2D eigenvalue weighted by Crippen LogP contribution is -2.43. The minimum Gasteiger partial charge on any atom is -0.494 e. The van der Waals surface area contributed by atoms with Crippen LogP contribution in [0.3, 0.4) is 0 Å². The zero-order valence-electron chi connectivity index (χ0n) is 14.8. The standard InChI is InChI=1S/C19H22N2O5/c1-3-25-15(12-24-8-4-7-22)11-21-18-16-9-14(10-20)5-6-17(16)26-13(2)19(18)23/h4-6,9,11,13,18-19,21,23H,3,8,12H2,1-2H3/b15-11+/t13-,18?,19-/m0/s1. The molecule has 0 radical (unpaired) electrons. The van der Waals surface area contributed by atoms with Crippen molar-refractivity contribution in [1.29, 1.82) is 5.26 Å². The number of aliphatic hydroxyl groups is 1. The normalized spacial score (nSPS) is 21.6. The lowest BCUT2D eigenvalue weighted by molar-refractivity contribution is 0.00543. The number of nitrogens with one attached hydrogen (secondary N) is 1. The summed E-state index contributed by atoms with van der Waals surface area (Å²) >= 11 is 0. The first-order chi connectivity index (χ1) is 12.6. The largest absolute Gasteiger partial charge is 0.494 e. The predicted octanol–water partition coefficient (Wildman–Crippen LogP) is 1.61. The van der Waals surface area contributed by atoms with Crippen LogP contribution in [0.25, 0.3) is 0 Å². The van der Waals surface area contributed by atoms with Gasteiger partial charge in [-0.25, -0.2) is 4.79 Å². The van der Waals surface area contributed by atoms with Crippen LogP contribution in [-0.2, 0) is 14.3 Å². The Kier molecular flexibility index (Phi) is 7.24. The lowest BCUT2D eigenvalue weighted by Gasteiger charge is -2.35. The maximum Gasteiger partial charge on any atom is 0.137 e. The van der Waals surface area contributed by atoms with Crippen molar-refractivity contribution in [2.75, 3.05) is 19.8 Å². The number of benzene rings is 1. The van der Waals surface area contributed by atoms with Crippen LogP contribution in [-0.4, -0.2) is 43.1 Å². The molecule has 26 heavy (non-hydrogen) atoms. The van der Waals surface area contributed by atoms with Gasteiger partial charge >= 0.3 is 0 Å². The van der Waals surface area contributed by atoms with E-state index in [9.17, 15) is 9.90 Å². The van der Waals surface area contributed by atoms with E-state index >= 15 is 0 Å². The van der Waals surface area contributed by atoms with E-state index in [2.05, 4.69) is 11.4 Å². The number of nitrogens with zero attached hydrogens (tertiary/aromatic N) is 1. The van der Waals surface area contributed by atoms with Gasteiger partial charge in [-0.05, 0) is 32.0 Å². The highest BCUT2D eigenvalue weighted by molar-refractivity contribution is 5.46. The van der Waals surface area contributed by atoms with Gasteiger partial charge in [-0.2, -0.15) is 5.26 Å². The zero-order chi connectivity index (χ0) is 18.9. The fourth-order valence-corrected chi connectivity index (χ4v) is 2.63. The van der Waals surface area contributed by atoms with Crippen LogP contribution < -0.4 is 10.1 Å². The highest BCUT2D eigenvalue weighted by Crippen LogP contribution is 2.35. The summed E-state index contributed by atoms with van der Waals surface area (Å²) in [5.41, 5.74) is 1.19. The van der Waals surface area contributed by atoms with Crippen molar-refractivity contribution >= 4 is 5.94 Å². The summed E-state index contributed by atoms with van der Waals surface area (Å²) in [7, 11) is 0. The van der Waals surface area contributed by atoms with Gasteiger partial charge in [0.1, 0.15) is 36.3 Å². The molecule has 1 heterocycles. The molecule has 7 heteroatoms. The van der Waals surface area contributed by atoms with Crippen molar-refractivity contribution in [2.24, 2.45) is 0 Å². The summed E-state index contributed by atoms with van der Waals surface area (Å²) in [6.07, 6.45) is 1.64. The Morgan fingerprint density at radius 1 is 1.50 bits per heavy atom. The number of carbonyl (C=O) groups excluding carboxylic acids is 1. The number of nitriles is 1. The molecule has 0 aromatic heterocycles. The number of aliphatic hydroxyl groups excluding tert-OH is 1. The first-order valence-electron chi connectivity index (χ1n) is 8.34. The molecule has 1 aromatic rings. The van der Waals surface area contributed by atoms with Gasteiger partial charge in [-0.1, -0.05) is 0 Å². The van der Waals surface area contributed by atoms with Gasteiger partial charge < -0.3 is 24.6 Å². The molecule has 0 bridgehead atoms. The second-order valence-corrected chi connectivity index (χ2v) is 5.70. The summed E-state index contributed by atoms with van der Waals surface area (Å²) < 4.78 is 16.5. The van der Waals surface area contributed by atoms with Crippen molar-refractivity contribution in [3.05, 3.63) is 47.4 Å². The van der Waals surface area contributed by atoms with Gasteiger partial charge in [0.25, 0.3) is 0 Å². The Morgan fingerprint density at radius 2 is 2.31 bits per heavy atom. The van der Waals surface area contributed by atoms with Crippen molar-refractivity contribution in [2.45, 2.75) is 32.1 Å². The van der Waals surface area contributed by atoms with E-state index in [1.54, 1.807) is 37.3 Å². The lowest BCUT2D eigenvalue weighted by atomic mass is 9.93. The summed E-state index contributed by atoms with van der Waals surface area (Å²) in [6, 6.07) is 6.73. The monoisotopic (exact) mass is 358 g/mol. The minimum absolute atomic E-state index is 0.138. The molecular formula is C19H22N2O5. The van der Waals surface area contributed by atoms with Gasteiger partial charge in [-0.3, -0.25) is 0 Å². The number of rotatable bonds is 8. The van der Waals surface area contributed by atoms with Gasteiger partial charge in [0, 0.05) is 17.8 Å². The maximum atomic E-state index is 10.5. The zero-order valence-corrected chi connectivity index (χ0v) is 14.8. The van der Waals surface area contributed by atoms with Crippen LogP contribution in [0, 0.1) is 11.3 Å². The van der Waals surface area contributed by atoms with Gasteiger partial charge in [-0.15, -0.1) is 0 Å². The third-order valence-electron chi connectivity index (χ3n) is 3.89. The molecule has 7 nitrogen and oxygen atoms in total. The molecule has 0 fully saturated rings. The SMILES string of the molecule is CCO/C(=C/NC1c2cc(C#N)ccc2O[C@@H](C)[C@@H]1O)COCC=C=O.